The van der Waals surface area contributed by atoms with Crippen molar-refractivity contribution in [3.63, 3.8) is 0 Å². The van der Waals surface area contributed by atoms with E-state index >= 15 is 0 Å². The number of nitrogens with one attached hydrogen (secondary N) is 1. The minimum atomic E-state index is -0.640. The summed E-state index contributed by atoms with van der Waals surface area (Å²) >= 11 is 5.66. The van der Waals surface area contributed by atoms with Crippen molar-refractivity contribution < 1.29 is 13.9 Å². The second-order valence-electron chi connectivity index (χ2n) is 4.19. The zero-order valence-corrected chi connectivity index (χ0v) is 11.6. The van der Waals surface area contributed by atoms with Crippen LogP contribution in [-0.2, 0) is 11.3 Å². The predicted molar refractivity (Wildman–Crippen MR) is 76.5 cm³/mol. The highest BCUT2D eigenvalue weighted by molar-refractivity contribution is 6.31. The van der Waals surface area contributed by atoms with Crippen LogP contribution in [0.25, 0.3) is 0 Å². The highest BCUT2D eigenvalue weighted by atomic mass is 35.5. The van der Waals surface area contributed by atoms with Gasteiger partial charge < -0.3 is 10.1 Å². The van der Waals surface area contributed by atoms with Gasteiger partial charge in [-0.1, -0.05) is 29.8 Å². The van der Waals surface area contributed by atoms with Gasteiger partial charge in [-0.25, -0.2) is 4.39 Å². The molecule has 0 saturated heterocycles. The Bertz CT molecular complexity index is 614. The smallest absolute Gasteiger partial charge is 0.255 e. The van der Waals surface area contributed by atoms with Crippen molar-refractivity contribution in [2.75, 3.05) is 12.4 Å². The van der Waals surface area contributed by atoms with Crippen LogP contribution in [0, 0.1) is 5.82 Å². The molecular formula is C15H13ClFNO2. The van der Waals surface area contributed by atoms with Crippen molar-refractivity contribution in [1.29, 1.82) is 0 Å². The number of benzene rings is 2. The lowest BCUT2D eigenvalue weighted by atomic mass is 10.1. The molecule has 2 aromatic rings. The fourth-order valence-electron chi connectivity index (χ4n) is 1.71. The zero-order chi connectivity index (χ0) is 14.5. The van der Waals surface area contributed by atoms with Crippen molar-refractivity contribution in [2.24, 2.45) is 0 Å². The summed E-state index contributed by atoms with van der Waals surface area (Å²) in [7, 11) is 1.60. The van der Waals surface area contributed by atoms with Crippen LogP contribution in [0.15, 0.2) is 42.5 Å². The van der Waals surface area contributed by atoms with Crippen LogP contribution in [0.1, 0.15) is 15.9 Å². The predicted octanol–water partition coefficient (Wildman–Crippen LogP) is 3.88. The van der Waals surface area contributed by atoms with E-state index in [-0.39, 0.29) is 10.7 Å². The van der Waals surface area contributed by atoms with Gasteiger partial charge in [0.25, 0.3) is 5.91 Å². The molecule has 0 saturated carbocycles. The number of carbonyl (C=O) groups is 1. The highest BCUT2D eigenvalue weighted by Crippen LogP contribution is 2.22. The number of hydrogen-bond acceptors (Lipinski definition) is 2. The number of hydrogen-bond donors (Lipinski definition) is 1. The molecule has 0 aliphatic rings. The maximum absolute atomic E-state index is 13.7. The molecule has 2 rings (SSSR count). The van der Waals surface area contributed by atoms with E-state index in [0.717, 1.165) is 5.56 Å². The zero-order valence-electron chi connectivity index (χ0n) is 10.8. The monoisotopic (exact) mass is 293 g/mol. The third kappa shape index (κ3) is 3.35. The lowest BCUT2D eigenvalue weighted by Gasteiger charge is -2.08. The van der Waals surface area contributed by atoms with Crippen LogP contribution in [0.4, 0.5) is 10.1 Å². The molecule has 104 valence electrons. The number of halogens is 2. The van der Waals surface area contributed by atoms with Crippen LogP contribution >= 0.6 is 11.6 Å². The third-order valence-electron chi connectivity index (χ3n) is 2.73. The van der Waals surface area contributed by atoms with E-state index in [4.69, 9.17) is 16.3 Å². The van der Waals surface area contributed by atoms with Crippen LogP contribution in [-0.4, -0.2) is 13.0 Å². The molecule has 0 unspecified atom stereocenters. The van der Waals surface area contributed by atoms with E-state index in [9.17, 15) is 9.18 Å². The summed E-state index contributed by atoms with van der Waals surface area (Å²) in [5.74, 6) is -1.03. The Balaban J connectivity index is 2.13. The Kier molecular flexibility index (Phi) is 4.71. The first-order valence-corrected chi connectivity index (χ1v) is 6.33. The number of methoxy groups -OCH3 is 1. The van der Waals surface area contributed by atoms with Gasteiger partial charge in [0, 0.05) is 12.7 Å². The van der Waals surface area contributed by atoms with Gasteiger partial charge in [0.05, 0.1) is 17.3 Å². The summed E-state index contributed by atoms with van der Waals surface area (Å²) in [5.41, 5.74) is 1.45. The molecule has 0 fully saturated rings. The van der Waals surface area contributed by atoms with E-state index < -0.39 is 11.7 Å². The van der Waals surface area contributed by atoms with Gasteiger partial charge in [-0.2, -0.15) is 0 Å². The molecule has 0 bridgehead atoms. The van der Waals surface area contributed by atoms with Gasteiger partial charge in [0.15, 0.2) is 5.82 Å². The normalized spacial score (nSPS) is 10.3. The molecule has 3 nitrogen and oxygen atoms in total. The summed E-state index contributed by atoms with van der Waals surface area (Å²) < 4.78 is 18.7. The first kappa shape index (κ1) is 14.5. The third-order valence-corrected chi connectivity index (χ3v) is 3.02. The molecule has 0 aromatic heterocycles. The molecule has 0 aliphatic carbocycles. The van der Waals surface area contributed by atoms with Crippen LogP contribution in [0.5, 0.6) is 0 Å². The summed E-state index contributed by atoms with van der Waals surface area (Å²) in [4.78, 5) is 12.0. The van der Waals surface area contributed by atoms with Crippen molar-refractivity contribution in [3.8, 4) is 0 Å². The van der Waals surface area contributed by atoms with E-state index in [1.54, 1.807) is 37.4 Å². The number of rotatable bonds is 4. The average molecular weight is 294 g/mol. The Hall–Kier alpha value is -1.91. The quantitative estimate of drug-likeness (QED) is 0.929. The minimum absolute atomic E-state index is 0.0294. The minimum Gasteiger partial charge on any atom is -0.380 e. The second-order valence-corrected chi connectivity index (χ2v) is 4.59. The maximum atomic E-state index is 13.7. The fraction of sp³-hybridized carbons (Fsp3) is 0.133. The molecule has 0 radical (unpaired) electrons. The van der Waals surface area contributed by atoms with Crippen LogP contribution < -0.4 is 5.32 Å². The first-order valence-electron chi connectivity index (χ1n) is 5.95. The van der Waals surface area contributed by atoms with E-state index in [0.29, 0.717) is 12.2 Å². The Labute approximate surface area is 121 Å². The number of anilines is 1. The molecule has 0 atom stereocenters. The molecule has 1 N–H and O–H groups in total. The summed E-state index contributed by atoms with van der Waals surface area (Å²) in [5, 5.41) is 2.46. The molecule has 0 spiro atoms. The molecule has 1 amide bonds. The Morgan fingerprint density at radius 3 is 2.60 bits per heavy atom. The van der Waals surface area contributed by atoms with E-state index in [1.807, 2.05) is 0 Å². The summed E-state index contributed by atoms with van der Waals surface area (Å²) in [6, 6.07) is 11.3. The number of ether oxygens (including phenoxy) is 1. The highest BCUT2D eigenvalue weighted by Gasteiger charge is 2.11. The number of amides is 1. The van der Waals surface area contributed by atoms with E-state index in [1.165, 1.54) is 12.1 Å². The molecule has 5 heteroatoms. The van der Waals surface area contributed by atoms with Gasteiger partial charge in [-0.05, 0) is 29.8 Å². The molecule has 2 aromatic carbocycles. The SMILES string of the molecule is COCc1ccc(C(=O)Nc2cccc(Cl)c2F)cc1. The molecule has 0 aliphatic heterocycles. The fourth-order valence-corrected chi connectivity index (χ4v) is 1.89. The summed E-state index contributed by atoms with van der Waals surface area (Å²) in [6.45, 7) is 0.477. The second kappa shape index (κ2) is 6.50. The maximum Gasteiger partial charge on any atom is 0.255 e. The van der Waals surface area contributed by atoms with Gasteiger partial charge in [0.2, 0.25) is 0 Å². The van der Waals surface area contributed by atoms with Gasteiger partial charge >= 0.3 is 0 Å². The van der Waals surface area contributed by atoms with Crippen molar-refractivity contribution in [3.05, 3.63) is 64.4 Å². The standard InChI is InChI=1S/C15H13ClFNO2/c1-20-9-10-5-7-11(8-6-10)15(19)18-13-4-2-3-12(16)14(13)17/h2-8H,9H2,1H3,(H,18,19). The first-order chi connectivity index (χ1) is 9.61. The van der Waals surface area contributed by atoms with Crippen molar-refractivity contribution >= 4 is 23.2 Å². The van der Waals surface area contributed by atoms with Crippen LogP contribution in [0.2, 0.25) is 5.02 Å². The van der Waals surface area contributed by atoms with Crippen LogP contribution in [0.3, 0.4) is 0 Å². The molecule has 20 heavy (non-hydrogen) atoms. The summed E-state index contributed by atoms with van der Waals surface area (Å²) in [6.07, 6.45) is 0. The Morgan fingerprint density at radius 1 is 1.25 bits per heavy atom. The lowest BCUT2D eigenvalue weighted by molar-refractivity contribution is 0.102. The average Bonchev–Trinajstić information content (AvgIpc) is 2.45. The number of carbonyl (C=O) groups excluding carboxylic acids is 1. The van der Waals surface area contributed by atoms with Crippen molar-refractivity contribution in [1.82, 2.24) is 0 Å². The van der Waals surface area contributed by atoms with E-state index in [2.05, 4.69) is 5.32 Å². The molecular weight excluding hydrogens is 281 g/mol. The van der Waals surface area contributed by atoms with Gasteiger partial charge in [-0.15, -0.1) is 0 Å². The van der Waals surface area contributed by atoms with Gasteiger partial charge in [-0.3, -0.25) is 4.79 Å². The largest absolute Gasteiger partial charge is 0.380 e. The lowest BCUT2D eigenvalue weighted by Crippen LogP contribution is -2.13. The van der Waals surface area contributed by atoms with Gasteiger partial charge in [0.1, 0.15) is 0 Å². The molecule has 0 heterocycles. The Morgan fingerprint density at radius 2 is 1.95 bits per heavy atom. The van der Waals surface area contributed by atoms with Crippen molar-refractivity contribution in [2.45, 2.75) is 6.61 Å². The topological polar surface area (TPSA) is 38.3 Å².